The molecule has 0 aromatic heterocycles. The minimum absolute atomic E-state index is 0.131. The monoisotopic (exact) mass is 260 g/mol. The fourth-order valence-corrected chi connectivity index (χ4v) is 0.837. The molecule has 0 aromatic rings. The summed E-state index contributed by atoms with van der Waals surface area (Å²) in [7, 11) is 0. The smallest absolute Gasteiger partial charge is 0.311 e. The number of aliphatic hydroxyl groups is 1. The highest BCUT2D eigenvalue weighted by Gasteiger charge is 2.28. The quantitative estimate of drug-likeness (QED) is 0.776. The zero-order valence-corrected chi connectivity index (χ0v) is 12.1. The van der Waals surface area contributed by atoms with Crippen molar-refractivity contribution in [3.63, 3.8) is 0 Å². The van der Waals surface area contributed by atoms with Crippen LogP contribution >= 0.6 is 0 Å². The Kier molecular flexibility index (Phi) is 5.80. The Morgan fingerprint density at radius 3 is 1.78 bits per heavy atom. The van der Waals surface area contributed by atoms with Crippen molar-refractivity contribution in [1.29, 1.82) is 0 Å². The molecule has 0 bridgehead atoms. The predicted molar refractivity (Wildman–Crippen MR) is 66.8 cm³/mol. The van der Waals surface area contributed by atoms with Crippen LogP contribution in [0.4, 0.5) is 0 Å². The Bertz CT molecular complexity index is 295. The first-order valence-electron chi connectivity index (χ1n) is 5.97. The van der Waals surface area contributed by atoms with Crippen LogP contribution in [0.5, 0.6) is 0 Å². The molecule has 0 radical (unpaired) electrons. The van der Waals surface area contributed by atoms with E-state index in [0.717, 1.165) is 0 Å². The molecule has 1 atom stereocenters. The molecule has 0 unspecified atom stereocenters. The summed E-state index contributed by atoms with van der Waals surface area (Å²) in [6, 6.07) is 0. The first kappa shape index (κ1) is 16.9. The summed E-state index contributed by atoms with van der Waals surface area (Å²) in [5, 5.41) is 9.09. The number of ether oxygens (including phenoxy) is 2. The molecule has 0 amide bonds. The van der Waals surface area contributed by atoms with E-state index in [1.54, 1.807) is 41.5 Å². The maximum atomic E-state index is 11.6. The van der Waals surface area contributed by atoms with Crippen LogP contribution in [0.25, 0.3) is 0 Å². The molecule has 0 fully saturated rings. The number of carbonyl (C=O) groups is 2. The van der Waals surface area contributed by atoms with Crippen molar-refractivity contribution >= 4 is 11.9 Å². The van der Waals surface area contributed by atoms with E-state index in [2.05, 4.69) is 0 Å². The molecule has 0 spiro atoms. The third-order valence-electron chi connectivity index (χ3n) is 2.10. The van der Waals surface area contributed by atoms with Gasteiger partial charge in [-0.05, 0) is 41.5 Å². The highest BCUT2D eigenvalue weighted by Crippen LogP contribution is 2.18. The number of rotatable bonds is 4. The second-order valence-corrected chi connectivity index (χ2v) is 6.31. The van der Waals surface area contributed by atoms with Crippen molar-refractivity contribution in [3.8, 4) is 0 Å². The highest BCUT2D eigenvalue weighted by atomic mass is 16.6. The van der Waals surface area contributed by atoms with Gasteiger partial charge >= 0.3 is 11.9 Å². The van der Waals surface area contributed by atoms with Gasteiger partial charge in [-0.2, -0.15) is 0 Å². The van der Waals surface area contributed by atoms with E-state index < -0.39 is 28.9 Å². The van der Waals surface area contributed by atoms with Crippen molar-refractivity contribution in [3.05, 3.63) is 0 Å². The van der Waals surface area contributed by atoms with Gasteiger partial charge in [-0.3, -0.25) is 9.59 Å². The molecule has 0 heterocycles. The van der Waals surface area contributed by atoms with E-state index in [-0.39, 0.29) is 13.2 Å². The van der Waals surface area contributed by atoms with Gasteiger partial charge in [0.15, 0.2) is 6.10 Å². The van der Waals surface area contributed by atoms with Gasteiger partial charge in [-0.1, -0.05) is 0 Å². The molecule has 106 valence electrons. The number of hydrogen-bond donors (Lipinski definition) is 1. The molecular formula is C13H24O5. The number of esters is 2. The maximum Gasteiger partial charge on any atom is 0.311 e. The molecule has 0 rings (SSSR count). The molecule has 0 aliphatic carbocycles. The lowest BCUT2D eigenvalue weighted by Gasteiger charge is -2.23. The molecule has 18 heavy (non-hydrogen) atoms. The molecule has 0 aliphatic heterocycles. The standard InChI is InChI=1S/C13H24O5/c1-12(2,3)10(15)17-8-9(7-14)18-11(16)13(4,5)6/h9,14H,7-8H2,1-6H3/t9-/m1/s1. The van der Waals surface area contributed by atoms with Gasteiger partial charge in [0, 0.05) is 0 Å². The summed E-state index contributed by atoms with van der Waals surface area (Å²) in [5.41, 5.74) is -1.27. The Balaban J connectivity index is 4.30. The lowest BCUT2D eigenvalue weighted by atomic mass is 9.97. The van der Waals surface area contributed by atoms with Gasteiger partial charge in [-0.25, -0.2) is 0 Å². The third-order valence-corrected chi connectivity index (χ3v) is 2.10. The van der Waals surface area contributed by atoms with Crippen LogP contribution in [0.3, 0.4) is 0 Å². The van der Waals surface area contributed by atoms with Crippen molar-refractivity contribution in [2.45, 2.75) is 47.6 Å². The summed E-state index contributed by atoms with van der Waals surface area (Å²) < 4.78 is 10.1. The van der Waals surface area contributed by atoms with Gasteiger partial charge < -0.3 is 14.6 Å². The van der Waals surface area contributed by atoms with Gasteiger partial charge in [0.1, 0.15) is 6.61 Å². The van der Waals surface area contributed by atoms with Gasteiger partial charge in [-0.15, -0.1) is 0 Å². The third kappa shape index (κ3) is 6.00. The first-order valence-corrected chi connectivity index (χ1v) is 5.97. The van der Waals surface area contributed by atoms with Crippen molar-refractivity contribution < 1.29 is 24.2 Å². The number of hydrogen-bond acceptors (Lipinski definition) is 5. The average Bonchev–Trinajstić information content (AvgIpc) is 2.20. The normalized spacial score (nSPS) is 13.9. The van der Waals surface area contributed by atoms with Crippen LogP contribution in [0.2, 0.25) is 0 Å². The lowest BCUT2D eigenvalue weighted by Crippen LogP contribution is -2.35. The zero-order valence-electron chi connectivity index (χ0n) is 12.1. The van der Waals surface area contributed by atoms with E-state index in [1.165, 1.54) is 0 Å². The molecule has 5 heteroatoms. The van der Waals surface area contributed by atoms with E-state index in [4.69, 9.17) is 14.6 Å². The van der Waals surface area contributed by atoms with Gasteiger partial charge in [0.05, 0.1) is 17.4 Å². The SMILES string of the molecule is CC(C)(C)C(=O)OC[C@@H](CO)OC(=O)C(C)(C)C. The Morgan fingerprint density at radius 2 is 1.44 bits per heavy atom. The molecule has 0 aromatic carbocycles. The van der Waals surface area contributed by atoms with Crippen LogP contribution in [0.15, 0.2) is 0 Å². The van der Waals surface area contributed by atoms with Crippen LogP contribution in [0.1, 0.15) is 41.5 Å². The van der Waals surface area contributed by atoms with Crippen LogP contribution < -0.4 is 0 Å². The van der Waals surface area contributed by atoms with Crippen molar-refractivity contribution in [1.82, 2.24) is 0 Å². The predicted octanol–water partition coefficient (Wildman–Crippen LogP) is 1.53. The summed E-state index contributed by atoms with van der Waals surface area (Å²) in [5.74, 6) is -0.832. The van der Waals surface area contributed by atoms with Crippen molar-refractivity contribution in [2.24, 2.45) is 10.8 Å². The molecule has 0 saturated carbocycles. The minimum atomic E-state index is -0.817. The molecule has 1 N–H and O–H groups in total. The second kappa shape index (κ2) is 6.18. The van der Waals surface area contributed by atoms with Gasteiger partial charge in [0.2, 0.25) is 0 Å². The second-order valence-electron chi connectivity index (χ2n) is 6.31. The van der Waals surface area contributed by atoms with Crippen LogP contribution in [-0.2, 0) is 19.1 Å². The van der Waals surface area contributed by atoms with E-state index >= 15 is 0 Å². The molecule has 0 aliphatic rings. The summed E-state index contributed by atoms with van der Waals surface area (Å²) >= 11 is 0. The Labute approximate surface area is 108 Å². The topological polar surface area (TPSA) is 72.8 Å². The molecule has 5 nitrogen and oxygen atoms in total. The van der Waals surface area contributed by atoms with E-state index in [0.29, 0.717) is 0 Å². The maximum absolute atomic E-state index is 11.6. The number of carbonyl (C=O) groups excluding carboxylic acids is 2. The lowest BCUT2D eigenvalue weighted by molar-refractivity contribution is -0.171. The van der Waals surface area contributed by atoms with E-state index in [9.17, 15) is 9.59 Å². The fraction of sp³-hybridized carbons (Fsp3) is 0.846. The van der Waals surface area contributed by atoms with Crippen molar-refractivity contribution in [2.75, 3.05) is 13.2 Å². The van der Waals surface area contributed by atoms with Crippen LogP contribution in [-0.4, -0.2) is 36.4 Å². The fourth-order valence-electron chi connectivity index (χ4n) is 0.837. The summed E-state index contributed by atoms with van der Waals surface area (Å²) in [4.78, 5) is 23.1. The average molecular weight is 260 g/mol. The zero-order chi connectivity index (χ0) is 14.6. The molecular weight excluding hydrogens is 236 g/mol. The Morgan fingerprint density at radius 1 is 1.00 bits per heavy atom. The largest absolute Gasteiger partial charge is 0.461 e. The Hall–Kier alpha value is -1.10. The summed E-state index contributed by atoms with van der Waals surface area (Å²) in [6.07, 6.45) is -0.817. The first-order chi connectivity index (χ1) is 7.98. The summed E-state index contributed by atoms with van der Waals surface area (Å²) in [6.45, 7) is 9.81. The number of aliphatic hydroxyl groups excluding tert-OH is 1. The van der Waals surface area contributed by atoms with Gasteiger partial charge in [0.25, 0.3) is 0 Å². The highest BCUT2D eigenvalue weighted by molar-refractivity contribution is 5.76. The molecule has 0 saturated heterocycles. The van der Waals surface area contributed by atoms with E-state index in [1.807, 2.05) is 0 Å². The van der Waals surface area contributed by atoms with Crippen LogP contribution in [0, 0.1) is 10.8 Å². The minimum Gasteiger partial charge on any atom is -0.461 e.